The Kier molecular flexibility index (Phi) is 35.3. The molecule has 5 aromatic rings. The molecule has 4 heterocycles. The van der Waals surface area contributed by atoms with E-state index in [0.29, 0.717) is 5.56 Å². The van der Waals surface area contributed by atoms with Gasteiger partial charge in [0.25, 0.3) is 0 Å². The normalized spacial score (nSPS) is 15.3. The first-order valence-corrected chi connectivity index (χ1v) is 35.9. The maximum Gasteiger partial charge on any atom is 0.326 e. The number of amides is 12. The van der Waals surface area contributed by atoms with Crippen LogP contribution < -0.4 is 97.8 Å². The van der Waals surface area contributed by atoms with E-state index in [2.05, 4.69) is 99.0 Å². The van der Waals surface area contributed by atoms with E-state index in [9.17, 15) is 67.7 Å². The van der Waals surface area contributed by atoms with Gasteiger partial charge in [0.1, 0.15) is 60.4 Å². The summed E-state index contributed by atoms with van der Waals surface area (Å²) in [7, 11) is 0. The van der Waals surface area contributed by atoms with Crippen LogP contribution in [0.5, 0.6) is 0 Å². The predicted molar refractivity (Wildman–Crippen MR) is 401 cm³/mol. The number of imidazole rings is 3. The van der Waals surface area contributed by atoms with Crippen molar-refractivity contribution in [1.82, 2.24) is 104 Å². The molecule has 0 radical (unpaired) electrons. The van der Waals surface area contributed by atoms with Crippen molar-refractivity contribution in [2.24, 2.45) is 28.7 Å². The maximum absolute atomic E-state index is 15.0. The Morgan fingerprint density at radius 3 is 1.28 bits per heavy atom. The number of nitrogens with two attached hydrogens (primary N) is 5. The molecular formula is C69H100N28O15. The van der Waals surface area contributed by atoms with Gasteiger partial charge in [0.15, 0.2) is 17.9 Å². The number of guanidine groups is 3. The van der Waals surface area contributed by atoms with Gasteiger partial charge >= 0.3 is 5.97 Å². The Labute approximate surface area is 642 Å². The van der Waals surface area contributed by atoms with E-state index in [0.717, 1.165) is 5.56 Å². The van der Waals surface area contributed by atoms with Crippen molar-refractivity contribution in [2.75, 3.05) is 32.7 Å². The Morgan fingerprint density at radius 1 is 0.491 bits per heavy atom. The molecule has 12 amide bonds. The van der Waals surface area contributed by atoms with E-state index in [4.69, 9.17) is 44.9 Å². The summed E-state index contributed by atoms with van der Waals surface area (Å²) in [5, 5.41) is 76.6. The lowest BCUT2D eigenvalue weighted by Crippen LogP contribution is -2.61. The molecule has 606 valence electrons. The monoisotopic (exact) mass is 1560 g/mol. The minimum Gasteiger partial charge on any atom is -0.480 e. The van der Waals surface area contributed by atoms with Crippen molar-refractivity contribution in [1.29, 1.82) is 16.2 Å². The molecule has 0 unspecified atom stereocenters. The summed E-state index contributed by atoms with van der Waals surface area (Å²) in [6, 6.07) is 0.665. The minimum absolute atomic E-state index is 0.0233. The van der Waals surface area contributed by atoms with Crippen molar-refractivity contribution in [3.8, 4) is 0 Å². The molecule has 0 spiro atoms. The molecule has 112 heavy (non-hydrogen) atoms. The highest BCUT2D eigenvalue weighted by molar-refractivity contribution is 6.00. The van der Waals surface area contributed by atoms with Crippen LogP contribution in [0, 0.1) is 16.2 Å². The fraction of sp³-hybridized carbons (Fsp3) is 0.464. The third kappa shape index (κ3) is 30.2. The Bertz CT molecular complexity index is 3980. The Hall–Kier alpha value is -13.1. The van der Waals surface area contributed by atoms with E-state index in [1.165, 1.54) is 49.4 Å². The van der Waals surface area contributed by atoms with Crippen molar-refractivity contribution >= 4 is 94.7 Å². The topological polar surface area (TPSA) is 710 Å². The molecule has 12 atom stereocenters. The van der Waals surface area contributed by atoms with Crippen LogP contribution in [-0.2, 0) is 94.4 Å². The third-order valence-corrected chi connectivity index (χ3v) is 17.6. The van der Waals surface area contributed by atoms with Gasteiger partial charge in [-0.05, 0) is 75.8 Å². The summed E-state index contributed by atoms with van der Waals surface area (Å²) in [6.45, 7) is 0.538. The summed E-state index contributed by atoms with van der Waals surface area (Å²) in [4.78, 5) is 204. The lowest BCUT2D eigenvalue weighted by Gasteiger charge is -2.30. The van der Waals surface area contributed by atoms with Crippen LogP contribution >= 0.6 is 0 Å². The molecule has 1 aliphatic rings. The quantitative estimate of drug-likeness (QED) is 0.00977. The average molecular weight is 1560 g/mol. The van der Waals surface area contributed by atoms with Crippen LogP contribution in [0.25, 0.3) is 0 Å². The molecule has 6 rings (SSSR count). The number of aliphatic hydroxyl groups is 1. The number of hydrogen-bond donors (Lipinski definition) is 26. The second kappa shape index (κ2) is 45.0. The molecule has 0 bridgehead atoms. The average Bonchev–Trinajstić information content (AvgIpc) is 1.59. The molecule has 1 aliphatic heterocycles. The first kappa shape index (κ1) is 87.8. The SMILES string of the molecule is C[C@@H](O)[C@H](NC(=O)[C@@H](N)Cc1ccccc1)C(=O)N[C@@H](CCCNC(=N)N)C(=O)N[C@@H](Cc1c[nH]cn1)C(=O)N[C@@H](Cc1c[nH]cn1)C(=O)N[C@@H](Cc1c[nH]cn1)C(=O)N1CCC[C@H]1C(=O)NCC(=O)N[C@@H](Cc1ccccc1)C(=O)N[C@@H](CCCNC(=N)N)C(=O)N[C@@H](CCCNC(=N)N)C(=O)N[C@@H](CC(N)=O)C(=O)O. The van der Waals surface area contributed by atoms with Gasteiger partial charge in [0.2, 0.25) is 70.9 Å². The smallest absolute Gasteiger partial charge is 0.326 e. The van der Waals surface area contributed by atoms with Crippen LogP contribution in [0.3, 0.4) is 0 Å². The largest absolute Gasteiger partial charge is 0.480 e. The van der Waals surface area contributed by atoms with Gasteiger partial charge < -0.3 is 128 Å². The summed E-state index contributed by atoms with van der Waals surface area (Å²) in [5.41, 5.74) is 29.9. The Morgan fingerprint density at radius 2 is 0.875 bits per heavy atom. The van der Waals surface area contributed by atoms with Crippen molar-refractivity contribution < 1.29 is 72.5 Å². The number of H-pyrrole nitrogens is 3. The number of carboxylic acid groups (broad SMARTS) is 1. The van der Waals surface area contributed by atoms with Crippen molar-refractivity contribution in [2.45, 2.75) is 169 Å². The van der Waals surface area contributed by atoms with E-state index in [1.807, 2.05) is 0 Å². The number of nitrogens with zero attached hydrogens (tertiary/aromatic N) is 4. The van der Waals surface area contributed by atoms with Crippen LogP contribution in [0.2, 0.25) is 0 Å². The van der Waals surface area contributed by atoms with Crippen LogP contribution in [0.4, 0.5) is 0 Å². The fourth-order valence-corrected chi connectivity index (χ4v) is 11.9. The molecular weight excluding hydrogens is 1460 g/mol. The second-order valence-electron chi connectivity index (χ2n) is 26.4. The highest BCUT2D eigenvalue weighted by Gasteiger charge is 2.41. The van der Waals surface area contributed by atoms with Gasteiger partial charge in [0, 0.05) is 70.5 Å². The van der Waals surface area contributed by atoms with Crippen LogP contribution in [0.1, 0.15) is 92.9 Å². The first-order valence-electron chi connectivity index (χ1n) is 35.9. The lowest BCUT2D eigenvalue weighted by molar-refractivity contribution is -0.143. The third-order valence-electron chi connectivity index (χ3n) is 17.6. The van der Waals surface area contributed by atoms with Crippen LogP contribution in [-0.4, -0.2) is 245 Å². The minimum atomic E-state index is -1.80. The number of carboxylic acids is 1. The highest BCUT2D eigenvalue weighted by atomic mass is 16.4. The zero-order valence-electron chi connectivity index (χ0n) is 61.5. The zero-order chi connectivity index (χ0) is 81.8. The molecule has 1 fully saturated rings. The number of likely N-dealkylation sites (tertiary alicyclic amines) is 1. The second-order valence-corrected chi connectivity index (χ2v) is 26.4. The van der Waals surface area contributed by atoms with Gasteiger partial charge in [-0.3, -0.25) is 73.8 Å². The first-order chi connectivity index (χ1) is 53.4. The van der Waals surface area contributed by atoms with Gasteiger partial charge in [0.05, 0.1) is 61.2 Å². The predicted octanol–water partition coefficient (Wildman–Crippen LogP) is -7.70. The number of nitrogens with one attached hydrogen (secondary N) is 19. The Balaban J connectivity index is 1.19. The zero-order valence-corrected chi connectivity index (χ0v) is 61.5. The number of primary amides is 1. The summed E-state index contributed by atoms with van der Waals surface area (Å²) < 4.78 is 0. The van der Waals surface area contributed by atoms with Gasteiger partial charge in [-0.1, -0.05) is 60.7 Å². The highest BCUT2D eigenvalue weighted by Crippen LogP contribution is 2.21. The number of aliphatic hydroxyl groups excluding tert-OH is 1. The van der Waals surface area contributed by atoms with Crippen molar-refractivity contribution in [3.05, 3.63) is 126 Å². The molecule has 3 aromatic heterocycles. The van der Waals surface area contributed by atoms with Crippen LogP contribution in [0.15, 0.2) is 98.2 Å². The molecule has 2 aromatic carbocycles. The molecule has 0 saturated carbocycles. The number of aromatic amines is 3. The molecule has 1 saturated heterocycles. The van der Waals surface area contributed by atoms with Gasteiger partial charge in [-0.2, -0.15) is 0 Å². The number of aromatic nitrogens is 6. The number of benzene rings is 2. The number of aliphatic carboxylic acids is 1. The molecule has 43 heteroatoms. The number of carbonyl (C=O) groups excluding carboxylic acids is 12. The molecule has 43 nitrogen and oxygen atoms in total. The van der Waals surface area contributed by atoms with Gasteiger partial charge in [-0.15, -0.1) is 0 Å². The summed E-state index contributed by atoms with van der Waals surface area (Å²) in [6.07, 6.45) is 5.02. The van der Waals surface area contributed by atoms with E-state index < -0.39 is 174 Å². The standard InChI is InChI=1S/C69H100N28O15/c1-37(98)55(96-56(101)43(70)24-38-12-4-2-5-13-38)64(109)91-46(18-10-22-83-69(76)77)58(103)92-48(26-40-30-78-34-85-40)61(106)93-49(27-41-31-79-35-86-41)62(107)94-50(28-42-32-80-36-87-42)65(110)97-23-11-19-52(97)63(108)84-33-54(100)88-47(25-39-14-6-3-7-15-39)60(105)90-44(16-8-20-81-67(72)73)57(102)89-45(17-9-21-82-68(74)75)59(104)95-51(66(111)112)29-53(71)99/h2-7,12-15,30-32,34-37,43-52,55,98H,8-11,16-29,33,70H2,1H3,(H2,71,99)(H,78,85)(H,79,86)(H,80,87)(H,84,108)(H,88,100)(H,89,102)(H,90,105)(H,91,109)(H,92,103)(H,93,106)(H,94,107)(H,95,104)(H,96,101)(H,111,112)(H4,72,73,81)(H4,74,75,82)(H4,76,77,83)/t37-,43+,44+,45+,46+,47+,48+,49+,50+,51+,52+,55+/m1/s1. The summed E-state index contributed by atoms with van der Waals surface area (Å²) >= 11 is 0. The van der Waals surface area contributed by atoms with E-state index in [1.54, 1.807) is 60.7 Å². The van der Waals surface area contributed by atoms with Crippen molar-refractivity contribution in [3.63, 3.8) is 0 Å². The number of carbonyl (C=O) groups is 13. The van der Waals surface area contributed by atoms with E-state index in [-0.39, 0.29) is 133 Å². The number of hydrogen-bond acceptors (Lipinski definition) is 21. The summed E-state index contributed by atoms with van der Waals surface area (Å²) in [5.74, 6) is -14.0. The molecule has 0 aliphatic carbocycles. The van der Waals surface area contributed by atoms with Gasteiger partial charge in [-0.25, -0.2) is 19.7 Å². The lowest BCUT2D eigenvalue weighted by atomic mass is 10.0. The molecule has 31 N–H and O–H groups in total. The maximum atomic E-state index is 15.0. The fourth-order valence-electron chi connectivity index (χ4n) is 11.9. The van der Waals surface area contributed by atoms with E-state index >= 15 is 4.79 Å². The number of rotatable bonds is 47.